The first-order valence-corrected chi connectivity index (χ1v) is 10.0. The van der Waals surface area contributed by atoms with Crippen LogP contribution in [0.25, 0.3) is 0 Å². The van der Waals surface area contributed by atoms with Gasteiger partial charge in [-0.2, -0.15) is 5.10 Å². The third-order valence-electron chi connectivity index (χ3n) is 4.35. The molecule has 0 radical (unpaired) electrons. The average molecular weight is 363 g/mol. The van der Waals surface area contributed by atoms with E-state index in [1.54, 1.807) is 6.92 Å². The smallest absolute Gasteiger partial charge is 0.220 e. The number of aryl methyl sites for hydroxylation is 1. The number of carbonyl (C=O) groups excluding carboxylic acids is 1. The second-order valence-corrected chi connectivity index (χ2v) is 8.31. The minimum atomic E-state index is -3.43. The van der Waals surface area contributed by atoms with Gasteiger partial charge in [-0.3, -0.25) is 4.79 Å². The molecule has 1 aliphatic carbocycles. The lowest BCUT2D eigenvalue weighted by molar-refractivity contribution is 0.103. The van der Waals surface area contributed by atoms with E-state index in [1.807, 2.05) is 6.92 Å². The molecule has 2 aromatic rings. The predicted octanol–water partition coefficient (Wildman–Crippen LogP) is 2.13. The highest BCUT2D eigenvalue weighted by atomic mass is 32.2. The predicted molar refractivity (Wildman–Crippen MR) is 93.9 cm³/mol. The number of anilines is 1. The van der Waals surface area contributed by atoms with Crippen LogP contribution in [0.3, 0.4) is 0 Å². The van der Waals surface area contributed by atoms with E-state index in [0.717, 1.165) is 19.1 Å². The topological polar surface area (TPSA) is 101 Å². The summed E-state index contributed by atoms with van der Waals surface area (Å²) in [4.78, 5) is 13.0. The molecule has 25 heavy (non-hydrogen) atoms. The number of rotatable bonds is 6. The van der Waals surface area contributed by atoms with Crippen LogP contribution in [-0.4, -0.2) is 41.4 Å². The molecule has 3 rings (SSSR count). The molecule has 1 saturated carbocycles. The van der Waals surface area contributed by atoms with Crippen LogP contribution in [0, 0.1) is 6.92 Å². The van der Waals surface area contributed by atoms with E-state index in [4.69, 9.17) is 0 Å². The minimum Gasteiger partial charge on any atom is -0.493 e. The molecule has 8 heteroatoms. The molecule has 2 N–H and O–H groups in total. The third kappa shape index (κ3) is 3.26. The molecule has 0 spiro atoms. The first-order valence-electron chi connectivity index (χ1n) is 8.13. The molecular weight excluding hydrogens is 342 g/mol. The Morgan fingerprint density at radius 1 is 1.36 bits per heavy atom. The highest BCUT2D eigenvalue weighted by molar-refractivity contribution is 7.90. The maximum Gasteiger partial charge on any atom is 0.220 e. The molecule has 0 saturated heterocycles. The van der Waals surface area contributed by atoms with Crippen molar-refractivity contribution in [1.82, 2.24) is 9.78 Å². The fraction of sp³-hybridized carbons (Fsp3) is 0.412. The summed E-state index contributed by atoms with van der Waals surface area (Å²) < 4.78 is 25.5. The highest BCUT2D eigenvalue weighted by Gasteiger charge is 2.28. The van der Waals surface area contributed by atoms with E-state index in [1.165, 1.54) is 23.0 Å². The summed E-state index contributed by atoms with van der Waals surface area (Å²) in [6, 6.07) is 3.18. The van der Waals surface area contributed by atoms with Gasteiger partial charge in [0.1, 0.15) is 5.56 Å². The van der Waals surface area contributed by atoms with Crippen molar-refractivity contribution < 1.29 is 18.3 Å². The molecule has 1 heterocycles. The molecule has 0 unspecified atom stereocenters. The van der Waals surface area contributed by atoms with Gasteiger partial charge in [0.05, 0.1) is 16.8 Å². The Balaban J connectivity index is 2.10. The number of benzene rings is 1. The second-order valence-electron chi connectivity index (χ2n) is 6.33. The minimum absolute atomic E-state index is 0.106. The van der Waals surface area contributed by atoms with Gasteiger partial charge in [0.25, 0.3) is 0 Å². The Hall–Kier alpha value is -2.35. The van der Waals surface area contributed by atoms with Crippen LogP contribution in [0.1, 0.15) is 41.3 Å². The SMILES string of the molecule is CCn1ncc(C(=O)c2ccc(S(C)(=O)=O)c(NC3CC3)c2C)c1O. The Bertz CT molecular complexity index is 943. The van der Waals surface area contributed by atoms with Gasteiger partial charge in [-0.15, -0.1) is 0 Å². The number of nitrogens with one attached hydrogen (secondary N) is 1. The van der Waals surface area contributed by atoms with Crippen LogP contribution < -0.4 is 5.32 Å². The molecule has 0 atom stereocenters. The third-order valence-corrected chi connectivity index (χ3v) is 5.49. The lowest BCUT2D eigenvalue weighted by atomic mass is 9.99. The van der Waals surface area contributed by atoms with Crippen molar-refractivity contribution in [2.75, 3.05) is 11.6 Å². The van der Waals surface area contributed by atoms with Crippen molar-refractivity contribution in [1.29, 1.82) is 0 Å². The van der Waals surface area contributed by atoms with Crippen LogP contribution in [0.4, 0.5) is 5.69 Å². The first kappa shape index (κ1) is 17.5. The molecular formula is C17H21N3O4S. The summed E-state index contributed by atoms with van der Waals surface area (Å²) >= 11 is 0. The molecule has 1 aromatic heterocycles. The van der Waals surface area contributed by atoms with Crippen molar-refractivity contribution in [3.8, 4) is 5.88 Å². The fourth-order valence-electron chi connectivity index (χ4n) is 2.77. The lowest BCUT2D eigenvalue weighted by Crippen LogP contribution is -2.13. The number of hydrogen-bond donors (Lipinski definition) is 2. The Labute approximate surface area is 146 Å². The van der Waals surface area contributed by atoms with E-state index in [9.17, 15) is 18.3 Å². The molecule has 134 valence electrons. The van der Waals surface area contributed by atoms with Crippen molar-refractivity contribution >= 4 is 21.3 Å². The van der Waals surface area contributed by atoms with E-state index in [0.29, 0.717) is 23.4 Å². The molecule has 1 aromatic carbocycles. The largest absolute Gasteiger partial charge is 0.493 e. The number of carbonyl (C=O) groups is 1. The quantitative estimate of drug-likeness (QED) is 0.763. The molecule has 7 nitrogen and oxygen atoms in total. The molecule has 0 amide bonds. The number of aromatic hydroxyl groups is 1. The van der Waals surface area contributed by atoms with Gasteiger partial charge in [0.15, 0.2) is 15.6 Å². The van der Waals surface area contributed by atoms with Crippen LogP contribution in [0.2, 0.25) is 0 Å². The van der Waals surface area contributed by atoms with Gasteiger partial charge in [-0.1, -0.05) is 0 Å². The zero-order valence-electron chi connectivity index (χ0n) is 14.4. The van der Waals surface area contributed by atoms with E-state index < -0.39 is 9.84 Å². The van der Waals surface area contributed by atoms with Gasteiger partial charge in [-0.05, 0) is 44.4 Å². The maximum atomic E-state index is 12.8. The second kappa shape index (κ2) is 6.18. The van der Waals surface area contributed by atoms with Crippen LogP contribution in [0.15, 0.2) is 23.2 Å². The molecule has 1 fully saturated rings. The summed E-state index contributed by atoms with van der Waals surface area (Å²) in [7, 11) is -3.43. The summed E-state index contributed by atoms with van der Waals surface area (Å²) in [6.45, 7) is 3.97. The summed E-state index contributed by atoms with van der Waals surface area (Å²) in [6.07, 6.45) is 4.44. The Morgan fingerprint density at radius 2 is 2.04 bits per heavy atom. The Kier molecular flexibility index (Phi) is 4.32. The van der Waals surface area contributed by atoms with Gasteiger partial charge < -0.3 is 10.4 Å². The molecule has 1 aliphatic rings. The average Bonchev–Trinajstić information content (AvgIpc) is 3.28. The zero-order valence-corrected chi connectivity index (χ0v) is 15.2. The summed E-state index contributed by atoms with van der Waals surface area (Å²) in [5.74, 6) is -0.565. The molecule has 0 bridgehead atoms. The van der Waals surface area contributed by atoms with Gasteiger partial charge >= 0.3 is 0 Å². The lowest BCUT2D eigenvalue weighted by Gasteiger charge is -2.16. The van der Waals surface area contributed by atoms with E-state index >= 15 is 0 Å². The monoisotopic (exact) mass is 363 g/mol. The Morgan fingerprint density at radius 3 is 2.56 bits per heavy atom. The number of ketones is 1. The number of sulfone groups is 1. The zero-order chi connectivity index (χ0) is 18.4. The summed E-state index contributed by atoms with van der Waals surface area (Å²) in [5, 5.41) is 17.3. The first-order chi connectivity index (χ1) is 11.7. The van der Waals surface area contributed by atoms with Gasteiger partial charge in [0, 0.05) is 24.4 Å². The normalized spacial score (nSPS) is 14.5. The van der Waals surface area contributed by atoms with Crippen LogP contribution in [-0.2, 0) is 16.4 Å². The van der Waals surface area contributed by atoms with Gasteiger partial charge in [0.2, 0.25) is 5.88 Å². The summed E-state index contributed by atoms with van der Waals surface area (Å²) in [5.41, 5.74) is 1.48. The van der Waals surface area contributed by atoms with Crippen LogP contribution >= 0.6 is 0 Å². The van der Waals surface area contributed by atoms with E-state index in [2.05, 4.69) is 10.4 Å². The van der Waals surface area contributed by atoms with Crippen molar-refractivity contribution in [3.05, 3.63) is 35.0 Å². The highest BCUT2D eigenvalue weighted by Crippen LogP contribution is 2.34. The standard InChI is InChI=1S/C17H21N3O4S/c1-4-20-17(22)13(9-18-20)16(21)12-7-8-14(25(3,23)24)15(10(12)2)19-11-5-6-11/h7-9,11,19,22H,4-6H2,1-3H3. The number of hydrogen-bond acceptors (Lipinski definition) is 6. The number of nitrogens with zero attached hydrogens (tertiary/aromatic N) is 2. The molecule has 0 aliphatic heterocycles. The maximum absolute atomic E-state index is 12.8. The van der Waals surface area contributed by atoms with Gasteiger partial charge in [-0.25, -0.2) is 13.1 Å². The van der Waals surface area contributed by atoms with E-state index in [-0.39, 0.29) is 28.2 Å². The van der Waals surface area contributed by atoms with Crippen molar-refractivity contribution in [2.45, 2.75) is 44.2 Å². The number of aromatic nitrogens is 2. The fourth-order valence-corrected chi connectivity index (χ4v) is 3.67. The van der Waals surface area contributed by atoms with Crippen molar-refractivity contribution in [2.24, 2.45) is 0 Å². The van der Waals surface area contributed by atoms with Crippen LogP contribution in [0.5, 0.6) is 5.88 Å². The van der Waals surface area contributed by atoms with Crippen molar-refractivity contribution in [3.63, 3.8) is 0 Å².